The zero-order valence-electron chi connectivity index (χ0n) is 19.3. The number of likely N-dealkylation sites (tertiary alicyclic amines) is 1. The summed E-state index contributed by atoms with van der Waals surface area (Å²) in [5, 5.41) is 2.73. The zero-order valence-corrected chi connectivity index (χ0v) is 19.3. The van der Waals surface area contributed by atoms with E-state index in [9.17, 15) is 27.2 Å². The summed E-state index contributed by atoms with van der Waals surface area (Å²) in [6.45, 7) is 1.51. The second kappa shape index (κ2) is 9.16. The van der Waals surface area contributed by atoms with E-state index in [1.54, 1.807) is 22.6 Å². The van der Waals surface area contributed by atoms with E-state index < -0.39 is 47.4 Å². The first kappa shape index (κ1) is 24.2. The number of piperidine rings is 1. The Morgan fingerprint density at radius 1 is 1.25 bits per heavy atom. The number of imidazole rings is 1. The standard InChI is InChI=1S/C24H24F4N6O2/c1-13(33-5-4-24(27,28)17(11-33)18-9-30-22(35)10-29-18)23(36)32-20-12-34-19(2-3-21(34)31-20)14-6-15(25)8-16(26)7-14/h6-10,12-13,17,19H,2-5,11H2,1H3,(H,30,35)(H,32,36)/t13-,17+,19+/m0/s1. The van der Waals surface area contributed by atoms with Crippen LogP contribution in [0, 0.1) is 11.6 Å². The third-order valence-electron chi connectivity index (χ3n) is 6.94. The molecule has 2 aliphatic rings. The Morgan fingerprint density at radius 2 is 2.00 bits per heavy atom. The van der Waals surface area contributed by atoms with Gasteiger partial charge in [0.25, 0.3) is 11.5 Å². The van der Waals surface area contributed by atoms with Crippen LogP contribution in [0.5, 0.6) is 0 Å². The van der Waals surface area contributed by atoms with E-state index in [1.165, 1.54) is 18.3 Å². The minimum atomic E-state index is -3.03. The molecule has 5 rings (SSSR count). The van der Waals surface area contributed by atoms with Gasteiger partial charge in [-0.1, -0.05) is 0 Å². The van der Waals surface area contributed by atoms with Gasteiger partial charge in [-0.15, -0.1) is 0 Å². The van der Waals surface area contributed by atoms with Crippen molar-refractivity contribution in [1.29, 1.82) is 0 Å². The Hall–Kier alpha value is -3.54. The van der Waals surface area contributed by atoms with Gasteiger partial charge in [-0.25, -0.2) is 22.5 Å². The van der Waals surface area contributed by atoms with Gasteiger partial charge >= 0.3 is 0 Å². The number of fused-ring (bicyclic) bond motifs is 1. The third kappa shape index (κ3) is 4.64. The average Bonchev–Trinajstić information content (AvgIpc) is 3.39. The molecule has 0 saturated carbocycles. The van der Waals surface area contributed by atoms with Crippen molar-refractivity contribution in [1.82, 2.24) is 24.4 Å². The minimum Gasteiger partial charge on any atom is -0.326 e. The molecule has 1 fully saturated rings. The van der Waals surface area contributed by atoms with Crippen LogP contribution in [0.2, 0.25) is 0 Å². The van der Waals surface area contributed by atoms with Crippen molar-refractivity contribution in [2.75, 3.05) is 18.4 Å². The van der Waals surface area contributed by atoms with E-state index in [0.29, 0.717) is 24.2 Å². The Balaban J connectivity index is 1.29. The summed E-state index contributed by atoms with van der Waals surface area (Å²) in [5.41, 5.74) is 0.0486. The van der Waals surface area contributed by atoms with Crippen LogP contribution in [0.4, 0.5) is 23.4 Å². The second-order valence-corrected chi connectivity index (χ2v) is 9.27. The number of aromatic nitrogens is 4. The van der Waals surface area contributed by atoms with Gasteiger partial charge in [0, 0.05) is 44.4 Å². The van der Waals surface area contributed by atoms with Gasteiger partial charge in [0.15, 0.2) is 5.82 Å². The number of aryl methyl sites for hydroxylation is 1. The van der Waals surface area contributed by atoms with Crippen LogP contribution in [0.25, 0.3) is 0 Å². The number of alkyl halides is 2. The SMILES string of the molecule is C[C@@H](C(=O)Nc1cn2c(n1)CC[C@@H]2c1cc(F)cc(F)c1)N1CCC(F)(F)[C@@H](c2c[nH]c(=O)cn2)C1. The fourth-order valence-electron chi connectivity index (χ4n) is 4.97. The van der Waals surface area contributed by atoms with Gasteiger partial charge in [-0.05, 0) is 31.0 Å². The molecule has 8 nitrogen and oxygen atoms in total. The van der Waals surface area contributed by atoms with Crippen molar-refractivity contribution < 1.29 is 22.4 Å². The Labute approximate surface area is 203 Å². The number of halogens is 4. The summed E-state index contributed by atoms with van der Waals surface area (Å²) in [7, 11) is 0. The van der Waals surface area contributed by atoms with Crippen molar-refractivity contribution >= 4 is 11.7 Å². The number of carbonyl (C=O) groups is 1. The highest BCUT2D eigenvalue weighted by molar-refractivity contribution is 5.93. The molecular weight excluding hydrogens is 480 g/mol. The molecule has 3 atom stereocenters. The van der Waals surface area contributed by atoms with E-state index in [2.05, 4.69) is 20.3 Å². The third-order valence-corrected chi connectivity index (χ3v) is 6.94. The number of hydrogen-bond acceptors (Lipinski definition) is 5. The van der Waals surface area contributed by atoms with Crippen molar-refractivity contribution in [3.05, 3.63) is 75.9 Å². The first-order chi connectivity index (χ1) is 17.1. The van der Waals surface area contributed by atoms with Crippen LogP contribution >= 0.6 is 0 Å². The fraction of sp³-hybridized carbons (Fsp3) is 0.417. The lowest BCUT2D eigenvalue weighted by Gasteiger charge is -2.40. The monoisotopic (exact) mass is 504 g/mol. The van der Waals surface area contributed by atoms with Crippen LogP contribution in [0.15, 0.2) is 41.6 Å². The molecule has 0 aliphatic carbocycles. The summed E-state index contributed by atoms with van der Waals surface area (Å²) in [6.07, 6.45) is 4.51. The van der Waals surface area contributed by atoms with Crippen LogP contribution < -0.4 is 10.9 Å². The molecule has 0 spiro atoms. The number of H-pyrrole nitrogens is 1. The highest BCUT2D eigenvalue weighted by atomic mass is 19.3. The molecule has 0 radical (unpaired) electrons. The minimum absolute atomic E-state index is 0.00827. The van der Waals surface area contributed by atoms with Crippen LogP contribution in [0.1, 0.15) is 48.8 Å². The zero-order chi connectivity index (χ0) is 25.6. The number of carbonyl (C=O) groups excluding carboxylic acids is 1. The number of anilines is 1. The quantitative estimate of drug-likeness (QED) is 0.521. The lowest BCUT2D eigenvalue weighted by atomic mass is 9.90. The van der Waals surface area contributed by atoms with Crippen LogP contribution in [0.3, 0.4) is 0 Å². The van der Waals surface area contributed by atoms with Crippen molar-refractivity contribution in [2.24, 2.45) is 0 Å². The molecular formula is C24H24F4N6O2. The van der Waals surface area contributed by atoms with E-state index in [0.717, 1.165) is 12.3 Å². The topological polar surface area (TPSA) is 95.9 Å². The number of benzene rings is 1. The first-order valence-corrected chi connectivity index (χ1v) is 11.6. The number of nitrogens with one attached hydrogen (secondary N) is 2. The lowest BCUT2D eigenvalue weighted by Crippen LogP contribution is -2.52. The molecule has 1 amide bonds. The van der Waals surface area contributed by atoms with E-state index in [1.807, 2.05) is 0 Å². The predicted molar refractivity (Wildman–Crippen MR) is 122 cm³/mol. The molecule has 1 saturated heterocycles. The van der Waals surface area contributed by atoms with E-state index >= 15 is 0 Å². The molecule has 0 unspecified atom stereocenters. The maximum Gasteiger partial charge on any atom is 0.266 e. The Kier molecular flexibility index (Phi) is 6.15. The fourth-order valence-corrected chi connectivity index (χ4v) is 4.97. The number of nitrogens with zero attached hydrogens (tertiary/aromatic N) is 4. The molecule has 2 aliphatic heterocycles. The largest absolute Gasteiger partial charge is 0.326 e. The summed E-state index contributed by atoms with van der Waals surface area (Å²) < 4.78 is 58.5. The molecule has 0 bridgehead atoms. The van der Waals surface area contributed by atoms with Crippen molar-refractivity contribution in [3.63, 3.8) is 0 Å². The van der Waals surface area contributed by atoms with Gasteiger partial charge in [-0.2, -0.15) is 0 Å². The molecule has 3 aromatic rings. The summed E-state index contributed by atoms with van der Waals surface area (Å²) in [6, 6.07) is 2.33. The maximum absolute atomic E-state index is 14.6. The Morgan fingerprint density at radius 3 is 2.69 bits per heavy atom. The summed E-state index contributed by atoms with van der Waals surface area (Å²) in [4.78, 5) is 36.6. The van der Waals surface area contributed by atoms with Gasteiger partial charge in [0.2, 0.25) is 5.91 Å². The van der Waals surface area contributed by atoms with E-state index in [-0.39, 0.29) is 30.6 Å². The highest BCUT2D eigenvalue weighted by Crippen LogP contribution is 2.40. The summed E-state index contributed by atoms with van der Waals surface area (Å²) >= 11 is 0. The number of rotatable bonds is 5. The molecule has 2 aromatic heterocycles. The molecule has 2 N–H and O–H groups in total. The predicted octanol–water partition coefficient (Wildman–Crippen LogP) is 3.23. The molecule has 4 heterocycles. The number of aromatic amines is 1. The van der Waals surface area contributed by atoms with Crippen molar-refractivity contribution in [3.8, 4) is 0 Å². The first-order valence-electron chi connectivity index (χ1n) is 11.6. The van der Waals surface area contributed by atoms with Gasteiger partial charge in [0.05, 0.1) is 29.9 Å². The highest BCUT2D eigenvalue weighted by Gasteiger charge is 2.47. The summed E-state index contributed by atoms with van der Waals surface area (Å²) in [5.74, 6) is -5.10. The molecule has 36 heavy (non-hydrogen) atoms. The van der Waals surface area contributed by atoms with Gasteiger partial charge in [0.1, 0.15) is 17.5 Å². The number of hydrogen-bond donors (Lipinski definition) is 2. The molecule has 12 heteroatoms. The molecule has 190 valence electrons. The average molecular weight is 504 g/mol. The van der Waals surface area contributed by atoms with E-state index in [4.69, 9.17) is 0 Å². The second-order valence-electron chi connectivity index (χ2n) is 9.27. The normalized spacial score (nSPS) is 22.2. The lowest BCUT2D eigenvalue weighted by molar-refractivity contribution is -0.125. The maximum atomic E-state index is 14.6. The van der Waals surface area contributed by atoms with Crippen LogP contribution in [-0.4, -0.2) is 55.4 Å². The smallest absolute Gasteiger partial charge is 0.266 e. The number of amides is 1. The van der Waals surface area contributed by atoms with Gasteiger partial charge in [-0.3, -0.25) is 19.5 Å². The van der Waals surface area contributed by atoms with Gasteiger partial charge < -0.3 is 14.9 Å². The molecule has 1 aromatic carbocycles. The Bertz CT molecular complexity index is 1320. The van der Waals surface area contributed by atoms with Crippen molar-refractivity contribution in [2.45, 2.75) is 50.1 Å². The van der Waals surface area contributed by atoms with Crippen LogP contribution in [-0.2, 0) is 11.2 Å².